The third-order valence-corrected chi connectivity index (χ3v) is 4.44. The lowest BCUT2D eigenvalue weighted by molar-refractivity contribution is -0.384. The maximum Gasteiger partial charge on any atom is 0.293 e. The molecule has 6 nitrogen and oxygen atoms in total. The summed E-state index contributed by atoms with van der Waals surface area (Å²) < 4.78 is 0. The van der Waals surface area contributed by atoms with Crippen LogP contribution in [0.5, 0.6) is 0 Å². The van der Waals surface area contributed by atoms with Crippen molar-refractivity contribution in [1.29, 1.82) is 0 Å². The van der Waals surface area contributed by atoms with E-state index in [0.717, 1.165) is 11.1 Å². The maximum atomic E-state index is 12.5. The van der Waals surface area contributed by atoms with E-state index >= 15 is 0 Å². The molecule has 3 rings (SSSR count). The van der Waals surface area contributed by atoms with Gasteiger partial charge in [0, 0.05) is 6.07 Å². The molecule has 0 aliphatic carbocycles. The number of para-hydroxylation sites is 1. The Morgan fingerprint density at radius 3 is 2.04 bits per heavy atom. The highest BCUT2D eigenvalue weighted by atomic mass is 16.6. The highest BCUT2D eigenvalue weighted by Gasteiger charge is 2.19. The number of nitrogens with one attached hydrogen (secondary N) is 2. The van der Waals surface area contributed by atoms with Crippen LogP contribution >= 0.6 is 0 Å². The molecule has 0 aliphatic heterocycles. The lowest BCUT2D eigenvalue weighted by atomic mass is 9.99. The summed E-state index contributed by atoms with van der Waals surface area (Å²) in [4.78, 5) is 23.2. The quantitative estimate of drug-likeness (QED) is 0.478. The van der Waals surface area contributed by atoms with Gasteiger partial charge in [-0.05, 0) is 23.6 Å². The van der Waals surface area contributed by atoms with Crippen LogP contribution in [0.25, 0.3) is 0 Å². The molecule has 0 radical (unpaired) electrons. The lowest BCUT2D eigenvalue weighted by Crippen LogP contribution is -2.32. The van der Waals surface area contributed by atoms with Gasteiger partial charge in [-0.1, -0.05) is 72.8 Å². The van der Waals surface area contributed by atoms with E-state index in [0.29, 0.717) is 5.56 Å². The highest BCUT2D eigenvalue weighted by Crippen LogP contribution is 2.27. The molecule has 3 aromatic rings. The van der Waals surface area contributed by atoms with E-state index in [4.69, 9.17) is 0 Å². The van der Waals surface area contributed by atoms with Crippen molar-refractivity contribution in [2.45, 2.75) is 13.0 Å². The number of carbonyl (C=O) groups is 1. The molecule has 0 bridgehead atoms. The minimum atomic E-state index is -0.493. The number of nitro groups is 1. The van der Waals surface area contributed by atoms with Gasteiger partial charge in [0.25, 0.3) is 5.69 Å². The van der Waals surface area contributed by atoms with Crippen LogP contribution in [0.3, 0.4) is 0 Å². The number of hydrogen-bond donors (Lipinski definition) is 2. The molecule has 142 valence electrons. The number of anilines is 1. The summed E-state index contributed by atoms with van der Waals surface area (Å²) in [5.41, 5.74) is 2.82. The maximum absolute atomic E-state index is 12.5. The van der Waals surface area contributed by atoms with Gasteiger partial charge >= 0.3 is 0 Å². The summed E-state index contributed by atoms with van der Waals surface area (Å²) in [6.07, 6.45) is 0. The Kier molecular flexibility index (Phi) is 6.14. The highest BCUT2D eigenvalue weighted by molar-refractivity contribution is 5.95. The van der Waals surface area contributed by atoms with Crippen molar-refractivity contribution in [2.24, 2.45) is 0 Å². The van der Waals surface area contributed by atoms with Gasteiger partial charge in [0.05, 0.1) is 17.5 Å². The van der Waals surface area contributed by atoms with Crippen molar-refractivity contribution < 1.29 is 9.72 Å². The fraction of sp³-hybridized carbons (Fsp3) is 0.136. The van der Waals surface area contributed by atoms with Gasteiger partial charge in [0.15, 0.2) is 0 Å². The Balaban J connectivity index is 1.76. The third-order valence-electron chi connectivity index (χ3n) is 4.44. The first-order valence-electron chi connectivity index (χ1n) is 8.93. The molecule has 1 amide bonds. The van der Waals surface area contributed by atoms with E-state index in [1.807, 2.05) is 60.7 Å². The first-order valence-corrected chi connectivity index (χ1v) is 8.93. The Hall–Kier alpha value is -3.51. The SMILES string of the molecule is Cc1cccc([N+](=O)[O-])c1NC(=O)CNC(c1ccccc1)c1ccccc1. The zero-order valence-electron chi connectivity index (χ0n) is 15.5. The average molecular weight is 375 g/mol. The number of carbonyl (C=O) groups excluding carboxylic acids is 1. The molecule has 0 aliphatic rings. The summed E-state index contributed by atoms with van der Waals surface area (Å²) in [6.45, 7) is 1.74. The van der Waals surface area contributed by atoms with Crippen molar-refractivity contribution in [3.05, 3.63) is 106 Å². The lowest BCUT2D eigenvalue weighted by Gasteiger charge is -2.20. The minimum absolute atomic E-state index is 0.0138. The molecule has 0 aromatic heterocycles. The molecule has 6 heteroatoms. The van der Waals surface area contributed by atoms with Crippen LogP contribution < -0.4 is 10.6 Å². The van der Waals surface area contributed by atoms with Crippen molar-refractivity contribution in [3.8, 4) is 0 Å². The van der Waals surface area contributed by atoms with E-state index < -0.39 is 4.92 Å². The van der Waals surface area contributed by atoms with E-state index in [2.05, 4.69) is 10.6 Å². The van der Waals surface area contributed by atoms with Gasteiger partial charge in [0.2, 0.25) is 5.91 Å². The van der Waals surface area contributed by atoms with Gasteiger partial charge in [-0.15, -0.1) is 0 Å². The molecule has 3 aromatic carbocycles. The van der Waals surface area contributed by atoms with Crippen molar-refractivity contribution in [1.82, 2.24) is 5.32 Å². The number of amides is 1. The molecular formula is C22H21N3O3. The fourth-order valence-electron chi connectivity index (χ4n) is 3.06. The number of nitrogens with zero attached hydrogens (tertiary/aromatic N) is 1. The molecule has 0 saturated heterocycles. The van der Waals surface area contributed by atoms with Crippen LogP contribution in [0.15, 0.2) is 78.9 Å². The van der Waals surface area contributed by atoms with E-state index in [1.54, 1.807) is 19.1 Å². The number of nitro benzene ring substituents is 1. The Labute approximate surface area is 163 Å². The van der Waals surface area contributed by atoms with Crippen LogP contribution in [0, 0.1) is 17.0 Å². The molecule has 0 unspecified atom stereocenters. The smallest absolute Gasteiger partial charge is 0.293 e. The Morgan fingerprint density at radius 2 is 1.50 bits per heavy atom. The molecule has 0 fully saturated rings. The number of hydrogen-bond acceptors (Lipinski definition) is 4. The van der Waals surface area contributed by atoms with Gasteiger partial charge in [-0.2, -0.15) is 0 Å². The minimum Gasteiger partial charge on any atom is -0.319 e. The largest absolute Gasteiger partial charge is 0.319 e. The van der Waals surface area contributed by atoms with Crippen molar-refractivity contribution in [3.63, 3.8) is 0 Å². The van der Waals surface area contributed by atoms with E-state index in [-0.39, 0.29) is 29.9 Å². The first-order chi connectivity index (χ1) is 13.6. The second kappa shape index (κ2) is 8.92. The van der Waals surface area contributed by atoms with Crippen LogP contribution in [-0.2, 0) is 4.79 Å². The average Bonchev–Trinajstić information content (AvgIpc) is 2.71. The normalized spacial score (nSPS) is 10.6. The second-order valence-electron chi connectivity index (χ2n) is 6.41. The molecular weight excluding hydrogens is 354 g/mol. The molecule has 0 saturated carbocycles. The summed E-state index contributed by atoms with van der Waals surface area (Å²) in [6, 6.07) is 24.2. The fourth-order valence-corrected chi connectivity index (χ4v) is 3.06. The van der Waals surface area contributed by atoms with Gasteiger partial charge < -0.3 is 5.32 Å². The molecule has 0 spiro atoms. The zero-order valence-corrected chi connectivity index (χ0v) is 15.5. The summed E-state index contributed by atoms with van der Waals surface area (Å²) in [5.74, 6) is -0.339. The summed E-state index contributed by atoms with van der Waals surface area (Å²) in [5, 5.41) is 17.2. The topological polar surface area (TPSA) is 84.3 Å². The van der Waals surface area contributed by atoms with E-state index in [1.165, 1.54) is 6.07 Å². The molecule has 0 heterocycles. The zero-order chi connectivity index (χ0) is 19.9. The first kappa shape index (κ1) is 19.3. The molecule has 28 heavy (non-hydrogen) atoms. The third kappa shape index (κ3) is 4.61. The van der Waals surface area contributed by atoms with Crippen LogP contribution in [0.1, 0.15) is 22.7 Å². The summed E-state index contributed by atoms with van der Waals surface area (Å²) in [7, 11) is 0. The predicted molar refractivity (Wildman–Crippen MR) is 109 cm³/mol. The van der Waals surface area contributed by atoms with Crippen LogP contribution in [0.4, 0.5) is 11.4 Å². The van der Waals surface area contributed by atoms with Gasteiger partial charge in [0.1, 0.15) is 5.69 Å². The molecule has 2 N–H and O–H groups in total. The van der Waals surface area contributed by atoms with Crippen LogP contribution in [0.2, 0.25) is 0 Å². The van der Waals surface area contributed by atoms with Crippen LogP contribution in [-0.4, -0.2) is 17.4 Å². The number of rotatable bonds is 7. The predicted octanol–water partition coefficient (Wildman–Crippen LogP) is 4.22. The molecule has 0 atom stereocenters. The standard InChI is InChI=1S/C22H21N3O3/c1-16-9-8-14-19(25(27)28)21(16)24-20(26)15-23-22(17-10-4-2-5-11-17)18-12-6-3-7-13-18/h2-14,22-23H,15H2,1H3,(H,24,26). The van der Waals surface area contributed by atoms with Crippen molar-refractivity contribution in [2.75, 3.05) is 11.9 Å². The second-order valence-corrected chi connectivity index (χ2v) is 6.41. The van der Waals surface area contributed by atoms with E-state index in [9.17, 15) is 14.9 Å². The number of benzene rings is 3. The van der Waals surface area contributed by atoms with Gasteiger partial charge in [-0.25, -0.2) is 0 Å². The Bertz CT molecular complexity index is 920. The van der Waals surface area contributed by atoms with Gasteiger partial charge in [-0.3, -0.25) is 20.2 Å². The summed E-state index contributed by atoms with van der Waals surface area (Å²) >= 11 is 0. The van der Waals surface area contributed by atoms with Crippen molar-refractivity contribution >= 4 is 17.3 Å². The Morgan fingerprint density at radius 1 is 0.929 bits per heavy atom. The monoisotopic (exact) mass is 375 g/mol. The number of aryl methyl sites for hydroxylation is 1.